The molecule has 0 rings (SSSR count). The summed E-state index contributed by atoms with van der Waals surface area (Å²) in [6, 6.07) is -0.798. The molecule has 0 aromatic carbocycles. The summed E-state index contributed by atoms with van der Waals surface area (Å²) >= 11 is 0. The molecule has 2 N–H and O–H groups in total. The van der Waals surface area contributed by atoms with Crippen molar-refractivity contribution in [2.24, 2.45) is 0 Å². The van der Waals surface area contributed by atoms with Crippen LogP contribution in [0.25, 0.3) is 0 Å². The third kappa shape index (κ3) is 56.7. The second kappa shape index (κ2) is 54.8. The summed E-state index contributed by atoms with van der Waals surface area (Å²) in [7, 11) is 1.32. The molecule has 0 radical (unpaired) electrons. The molecule has 0 aromatic heterocycles. The molecule has 0 saturated heterocycles. The van der Waals surface area contributed by atoms with Gasteiger partial charge in [-0.3, -0.25) is 9.36 Å². The number of unbranched alkanes of at least 4 members (excludes halogenated alkanes) is 42. The van der Waals surface area contributed by atoms with E-state index < -0.39 is 20.0 Å². The lowest BCUT2D eigenvalue weighted by molar-refractivity contribution is -0.870. The predicted octanol–water partition coefficient (Wildman–Crippen LogP) is 18.9. The second-order valence-corrected chi connectivity index (χ2v) is 24.5. The molecular formula is C63H125N2O6P. The zero-order valence-electron chi connectivity index (χ0n) is 48.9. The molecule has 0 aromatic rings. The lowest BCUT2D eigenvalue weighted by Gasteiger charge is -2.30. The Labute approximate surface area is 449 Å². The van der Waals surface area contributed by atoms with Crippen LogP contribution in [0.4, 0.5) is 0 Å². The highest BCUT2D eigenvalue weighted by molar-refractivity contribution is 7.45. The number of aliphatic hydroxyl groups excluding tert-OH is 1. The molecular weight excluding hydrogens is 912 g/mol. The Kier molecular flexibility index (Phi) is 54.0. The Hall–Kier alpha value is -1.02. The van der Waals surface area contributed by atoms with Crippen LogP contribution in [-0.2, 0) is 18.4 Å². The lowest BCUT2D eigenvalue weighted by atomic mass is 10.0. The molecule has 8 nitrogen and oxygen atoms in total. The Morgan fingerprint density at radius 2 is 0.806 bits per heavy atom. The Morgan fingerprint density at radius 1 is 0.486 bits per heavy atom. The van der Waals surface area contributed by atoms with Crippen molar-refractivity contribution in [3.05, 3.63) is 24.3 Å². The maximum absolute atomic E-state index is 13.0. The number of quaternary nitrogens is 1. The van der Waals surface area contributed by atoms with Gasteiger partial charge in [-0.25, -0.2) is 0 Å². The average Bonchev–Trinajstić information content (AvgIpc) is 3.34. The van der Waals surface area contributed by atoms with Gasteiger partial charge in [0.2, 0.25) is 5.91 Å². The minimum absolute atomic E-state index is 0.0150. The molecule has 0 bridgehead atoms. The minimum atomic E-state index is -4.57. The Morgan fingerprint density at radius 3 is 1.15 bits per heavy atom. The normalized spacial score (nSPS) is 13.9. The number of phosphoric ester groups is 1. The third-order valence-electron chi connectivity index (χ3n) is 14.7. The van der Waals surface area contributed by atoms with E-state index in [4.69, 9.17) is 9.05 Å². The topological polar surface area (TPSA) is 108 Å². The number of hydrogen-bond donors (Lipinski definition) is 2. The quantitative estimate of drug-likeness (QED) is 0.0272. The third-order valence-corrected chi connectivity index (χ3v) is 15.7. The highest BCUT2D eigenvalue weighted by Gasteiger charge is 2.24. The van der Waals surface area contributed by atoms with Crippen LogP contribution in [0.1, 0.15) is 322 Å². The van der Waals surface area contributed by atoms with Crippen molar-refractivity contribution in [1.82, 2.24) is 5.32 Å². The number of carbonyl (C=O) groups is 1. The van der Waals surface area contributed by atoms with Crippen molar-refractivity contribution in [2.75, 3.05) is 40.9 Å². The summed E-state index contributed by atoms with van der Waals surface area (Å²) in [6.45, 7) is 4.76. The van der Waals surface area contributed by atoms with E-state index in [1.165, 1.54) is 250 Å². The molecule has 1 amide bonds. The Bertz CT molecular complexity index is 1220. The number of likely N-dealkylation sites (N-methyl/N-ethyl adjacent to an activating group) is 1. The molecule has 0 heterocycles. The number of phosphoric acid groups is 1. The van der Waals surface area contributed by atoms with Crippen LogP contribution in [0.5, 0.6) is 0 Å². The number of hydrogen-bond acceptors (Lipinski definition) is 6. The van der Waals surface area contributed by atoms with Gasteiger partial charge >= 0.3 is 0 Å². The monoisotopic (exact) mass is 1040 g/mol. The standard InChI is InChI=1S/C63H125N2O6P/c1-6-8-10-12-14-16-18-20-22-24-25-26-27-28-29-30-31-32-33-34-35-36-37-38-39-41-43-45-47-49-51-53-55-57-63(67)64-61(60-71-72(68,69)70-59-58-65(3,4)5)62(66)56-54-52-50-48-46-44-42-40-23-21-19-17-15-13-11-9-7-2/h18,20,24-25,61-62,66H,6-17,19,21-23,26-60H2,1-5H3,(H-,64,67,68,69)/b20-18-,25-24-. The van der Waals surface area contributed by atoms with Gasteiger partial charge in [-0.15, -0.1) is 0 Å². The van der Waals surface area contributed by atoms with Crippen LogP contribution in [-0.4, -0.2) is 68.5 Å². The summed E-state index contributed by atoms with van der Waals surface area (Å²) < 4.78 is 23.5. The first-order valence-corrected chi connectivity index (χ1v) is 33.1. The number of amides is 1. The first-order valence-electron chi connectivity index (χ1n) is 31.7. The van der Waals surface area contributed by atoms with E-state index in [-0.39, 0.29) is 19.1 Å². The lowest BCUT2D eigenvalue weighted by Crippen LogP contribution is -2.46. The number of carbonyl (C=O) groups excluding carboxylic acids is 1. The SMILES string of the molecule is CCCCCCC/C=C\C/C=C\CCCCCCCCCCCCCCCCCCCCCCCC(=O)NC(COP(=O)([O-])OCC[N+](C)(C)C)C(O)CCCCCCCCCCCCCCCCCCC. The first-order chi connectivity index (χ1) is 35.0. The van der Waals surface area contributed by atoms with Gasteiger partial charge in [-0.1, -0.05) is 295 Å². The van der Waals surface area contributed by atoms with Crippen LogP contribution in [0.15, 0.2) is 24.3 Å². The van der Waals surface area contributed by atoms with Gasteiger partial charge in [0.05, 0.1) is 39.9 Å². The molecule has 0 aliphatic rings. The molecule has 9 heteroatoms. The summed E-state index contributed by atoms with van der Waals surface area (Å²) in [4.78, 5) is 25.6. The van der Waals surface area contributed by atoms with E-state index in [2.05, 4.69) is 43.5 Å². The molecule has 3 unspecified atom stereocenters. The highest BCUT2D eigenvalue weighted by atomic mass is 31.2. The fourth-order valence-electron chi connectivity index (χ4n) is 9.72. The van der Waals surface area contributed by atoms with Crippen molar-refractivity contribution < 1.29 is 32.9 Å². The van der Waals surface area contributed by atoms with Crippen LogP contribution < -0.4 is 10.2 Å². The van der Waals surface area contributed by atoms with E-state index in [9.17, 15) is 19.4 Å². The first kappa shape index (κ1) is 71.0. The Balaban J connectivity index is 3.98. The van der Waals surface area contributed by atoms with E-state index >= 15 is 0 Å². The van der Waals surface area contributed by atoms with E-state index in [1.54, 1.807) is 0 Å². The molecule has 0 saturated carbocycles. The minimum Gasteiger partial charge on any atom is -0.756 e. The predicted molar refractivity (Wildman–Crippen MR) is 312 cm³/mol. The van der Waals surface area contributed by atoms with Gasteiger partial charge in [0, 0.05) is 6.42 Å². The van der Waals surface area contributed by atoms with Gasteiger partial charge in [-0.05, 0) is 44.9 Å². The number of rotatable bonds is 59. The average molecular weight is 1040 g/mol. The van der Waals surface area contributed by atoms with Crippen LogP contribution in [0, 0.1) is 0 Å². The largest absolute Gasteiger partial charge is 0.756 e. The van der Waals surface area contributed by atoms with E-state index in [0.29, 0.717) is 23.9 Å². The van der Waals surface area contributed by atoms with Crippen molar-refractivity contribution in [2.45, 2.75) is 334 Å². The molecule has 3 atom stereocenters. The summed E-state index contributed by atoms with van der Waals surface area (Å²) in [5, 5.41) is 14.0. The van der Waals surface area contributed by atoms with Gasteiger partial charge in [0.1, 0.15) is 13.2 Å². The van der Waals surface area contributed by atoms with Gasteiger partial charge in [-0.2, -0.15) is 0 Å². The molecule has 0 aliphatic heterocycles. The fraction of sp³-hybridized carbons (Fsp3) is 0.921. The zero-order valence-corrected chi connectivity index (χ0v) is 49.8. The zero-order chi connectivity index (χ0) is 52.7. The van der Waals surface area contributed by atoms with Gasteiger partial charge < -0.3 is 28.8 Å². The number of aliphatic hydroxyl groups is 1. The maximum Gasteiger partial charge on any atom is 0.268 e. The van der Waals surface area contributed by atoms with Crippen molar-refractivity contribution >= 4 is 13.7 Å². The molecule has 72 heavy (non-hydrogen) atoms. The van der Waals surface area contributed by atoms with Gasteiger partial charge in [0.15, 0.2) is 0 Å². The maximum atomic E-state index is 13.0. The van der Waals surface area contributed by atoms with Crippen molar-refractivity contribution in [1.29, 1.82) is 0 Å². The molecule has 0 spiro atoms. The van der Waals surface area contributed by atoms with E-state index in [0.717, 1.165) is 44.9 Å². The smallest absolute Gasteiger partial charge is 0.268 e. The summed E-state index contributed by atoms with van der Waals surface area (Å²) in [5.74, 6) is -0.158. The summed E-state index contributed by atoms with van der Waals surface area (Å²) in [5.41, 5.74) is 0. The van der Waals surface area contributed by atoms with E-state index in [1.807, 2.05) is 21.1 Å². The van der Waals surface area contributed by atoms with Crippen LogP contribution in [0.2, 0.25) is 0 Å². The molecule has 0 fully saturated rings. The second-order valence-electron chi connectivity index (χ2n) is 23.1. The molecule has 0 aliphatic carbocycles. The summed E-state index contributed by atoms with van der Waals surface area (Å²) in [6.07, 6.45) is 69.5. The van der Waals surface area contributed by atoms with Crippen LogP contribution in [0.3, 0.4) is 0 Å². The van der Waals surface area contributed by atoms with Gasteiger partial charge in [0.25, 0.3) is 7.82 Å². The van der Waals surface area contributed by atoms with Crippen molar-refractivity contribution in [3.63, 3.8) is 0 Å². The van der Waals surface area contributed by atoms with Crippen molar-refractivity contribution in [3.8, 4) is 0 Å². The number of allylic oxidation sites excluding steroid dienone is 4. The number of nitrogens with one attached hydrogen (secondary N) is 1. The fourth-order valence-corrected chi connectivity index (χ4v) is 10.4. The number of nitrogens with zero attached hydrogens (tertiary/aromatic N) is 1. The highest BCUT2D eigenvalue weighted by Crippen LogP contribution is 2.38. The van der Waals surface area contributed by atoms with Crippen LogP contribution >= 0.6 is 7.82 Å². The molecule has 428 valence electrons.